The molecule has 3 aromatic heterocycles. The van der Waals surface area contributed by atoms with Crippen molar-refractivity contribution in [2.45, 2.75) is 59.4 Å². The van der Waals surface area contributed by atoms with Crippen molar-refractivity contribution < 1.29 is 4.79 Å². The van der Waals surface area contributed by atoms with Crippen molar-refractivity contribution in [2.24, 2.45) is 0 Å². The molecule has 5 rings (SSSR count). The second kappa shape index (κ2) is 10.8. The predicted octanol–water partition coefficient (Wildman–Crippen LogP) is 5.38. The molecule has 2 aromatic carbocycles. The molecule has 0 fully saturated rings. The van der Waals surface area contributed by atoms with E-state index >= 15 is 0 Å². The highest BCUT2D eigenvalue weighted by Gasteiger charge is 2.25. The monoisotopic (exact) mass is 535 g/mol. The number of H-pyrrole nitrogens is 1. The third-order valence-electron chi connectivity index (χ3n) is 6.99. The molecule has 0 atom stereocenters. The number of tetrazole rings is 1. The van der Waals surface area contributed by atoms with Crippen molar-refractivity contribution in [2.75, 3.05) is 0 Å². The quantitative estimate of drug-likeness (QED) is 0.267. The van der Waals surface area contributed by atoms with Crippen LogP contribution in [0.25, 0.3) is 28.3 Å². The average molecular weight is 536 g/mol. The van der Waals surface area contributed by atoms with Gasteiger partial charge in [-0.25, -0.2) is 4.79 Å². The number of aryl methyl sites for hydroxylation is 1. The first kappa shape index (κ1) is 26.9. The van der Waals surface area contributed by atoms with E-state index in [4.69, 9.17) is 4.98 Å². The summed E-state index contributed by atoms with van der Waals surface area (Å²) >= 11 is 0. The Morgan fingerprint density at radius 2 is 1.77 bits per heavy atom. The molecular weight excluding hydrogens is 502 g/mol. The highest BCUT2D eigenvalue weighted by atomic mass is 16.2. The van der Waals surface area contributed by atoms with Crippen LogP contribution in [0.3, 0.4) is 0 Å². The fourth-order valence-corrected chi connectivity index (χ4v) is 5.04. The lowest BCUT2D eigenvalue weighted by Gasteiger charge is -2.24. The van der Waals surface area contributed by atoms with Crippen LogP contribution in [0.1, 0.15) is 68.2 Å². The molecule has 9 heteroatoms. The van der Waals surface area contributed by atoms with Gasteiger partial charge in [0.1, 0.15) is 0 Å². The highest BCUT2D eigenvalue weighted by Crippen LogP contribution is 2.31. The van der Waals surface area contributed by atoms with E-state index in [1.165, 1.54) is 0 Å². The van der Waals surface area contributed by atoms with Crippen LogP contribution in [-0.2, 0) is 18.4 Å². The van der Waals surface area contributed by atoms with Gasteiger partial charge in [0.25, 0.3) is 0 Å². The summed E-state index contributed by atoms with van der Waals surface area (Å²) in [6, 6.07) is 17.4. The molecule has 0 bridgehead atoms. The molecule has 0 radical (unpaired) electrons. The maximum atomic E-state index is 14.0. The van der Waals surface area contributed by atoms with Gasteiger partial charge in [0.05, 0.1) is 17.9 Å². The van der Waals surface area contributed by atoms with Crippen LogP contribution >= 0.6 is 0 Å². The van der Waals surface area contributed by atoms with E-state index in [0.717, 1.165) is 46.5 Å². The summed E-state index contributed by atoms with van der Waals surface area (Å²) < 4.78 is 3.45. The van der Waals surface area contributed by atoms with Crippen LogP contribution in [0.2, 0.25) is 0 Å². The molecule has 3 heterocycles. The molecule has 0 unspecified atom stereocenters. The molecule has 0 aliphatic rings. The van der Waals surface area contributed by atoms with E-state index in [2.05, 4.69) is 48.3 Å². The molecule has 204 valence electrons. The lowest BCUT2D eigenvalue weighted by molar-refractivity contribution is 0.101. The molecule has 40 heavy (non-hydrogen) atoms. The molecule has 0 amide bonds. The number of carbonyl (C=O) groups excluding carboxylic acids is 1. The minimum absolute atomic E-state index is 0.0707. The van der Waals surface area contributed by atoms with Crippen molar-refractivity contribution >= 4 is 5.78 Å². The standard InChI is InChI=1S/C31H33N7O2/c1-6-10-22-19-38(28-23(20(2)39)13-9-14-26(28)31(3,4)5)30(40)37(22)18-21-15-16-27(32-17-21)24-11-7-8-12-25(24)29-33-35-36-34-29/h7-9,11-17,19H,6,10,18H2,1-5H3,(H,33,34,35,36). The summed E-state index contributed by atoms with van der Waals surface area (Å²) in [4.78, 5) is 31.3. The Bertz CT molecular complexity index is 1710. The fraction of sp³-hybridized carbons (Fsp3) is 0.290. The van der Waals surface area contributed by atoms with Crippen molar-refractivity contribution in [3.63, 3.8) is 0 Å². The van der Waals surface area contributed by atoms with E-state index < -0.39 is 0 Å². The number of benzene rings is 2. The SMILES string of the molecule is CCCc1cn(-c2c(C(C)=O)cccc2C(C)(C)C)c(=O)n1Cc1ccc(-c2ccccc2-c2nn[nH]n2)nc1. The summed E-state index contributed by atoms with van der Waals surface area (Å²) in [5.41, 5.74) is 6.03. The molecule has 0 spiro atoms. The lowest BCUT2D eigenvalue weighted by Crippen LogP contribution is -2.28. The Hall–Kier alpha value is -4.66. The van der Waals surface area contributed by atoms with Crippen molar-refractivity contribution in [1.29, 1.82) is 0 Å². The number of nitrogens with one attached hydrogen (secondary N) is 1. The van der Waals surface area contributed by atoms with E-state index in [1.807, 2.05) is 54.7 Å². The smallest absolute Gasteiger partial charge is 0.294 e. The minimum atomic E-state index is -0.259. The number of imidazole rings is 1. The number of nitrogens with zero attached hydrogens (tertiary/aromatic N) is 6. The molecular formula is C31H33N7O2. The number of pyridine rings is 1. The number of hydrogen-bond donors (Lipinski definition) is 1. The van der Waals surface area contributed by atoms with Gasteiger partial charge in [-0.2, -0.15) is 5.21 Å². The maximum absolute atomic E-state index is 14.0. The number of aromatic nitrogens is 7. The third kappa shape index (κ3) is 5.14. The Morgan fingerprint density at radius 3 is 2.40 bits per heavy atom. The zero-order valence-corrected chi connectivity index (χ0v) is 23.5. The van der Waals surface area contributed by atoms with Gasteiger partial charge < -0.3 is 0 Å². The third-order valence-corrected chi connectivity index (χ3v) is 6.99. The van der Waals surface area contributed by atoms with Gasteiger partial charge in [-0.1, -0.05) is 76.6 Å². The number of hydrogen-bond acceptors (Lipinski definition) is 6. The molecule has 0 saturated heterocycles. The number of carbonyl (C=O) groups is 1. The van der Waals surface area contributed by atoms with Crippen molar-refractivity contribution in [3.05, 3.63) is 99.9 Å². The first-order valence-corrected chi connectivity index (χ1v) is 13.4. The first-order valence-electron chi connectivity index (χ1n) is 13.4. The summed E-state index contributed by atoms with van der Waals surface area (Å²) in [6.07, 6.45) is 5.31. The zero-order valence-electron chi connectivity index (χ0n) is 23.5. The van der Waals surface area contributed by atoms with E-state index in [-0.39, 0.29) is 16.9 Å². The van der Waals surface area contributed by atoms with Crippen LogP contribution in [0.5, 0.6) is 0 Å². The van der Waals surface area contributed by atoms with Gasteiger partial charge in [-0.05, 0) is 47.2 Å². The van der Waals surface area contributed by atoms with E-state index in [1.54, 1.807) is 28.3 Å². The predicted molar refractivity (Wildman–Crippen MR) is 155 cm³/mol. The second-order valence-corrected chi connectivity index (χ2v) is 10.9. The number of ketones is 1. The van der Waals surface area contributed by atoms with Crippen LogP contribution < -0.4 is 5.69 Å². The van der Waals surface area contributed by atoms with Crippen LogP contribution in [0, 0.1) is 0 Å². The zero-order chi connectivity index (χ0) is 28.4. The number of rotatable bonds is 8. The van der Waals surface area contributed by atoms with Crippen LogP contribution in [0.15, 0.2) is 71.8 Å². The average Bonchev–Trinajstić information content (AvgIpc) is 3.58. The molecule has 0 saturated carbocycles. The highest BCUT2D eigenvalue weighted by molar-refractivity contribution is 5.98. The van der Waals surface area contributed by atoms with Gasteiger partial charge in [-0.3, -0.25) is 18.9 Å². The molecule has 0 aliphatic carbocycles. The van der Waals surface area contributed by atoms with Gasteiger partial charge in [0.15, 0.2) is 5.78 Å². The van der Waals surface area contributed by atoms with Gasteiger partial charge in [-0.15, -0.1) is 10.2 Å². The van der Waals surface area contributed by atoms with E-state index in [0.29, 0.717) is 23.6 Å². The Labute approximate surface area is 232 Å². The molecule has 9 nitrogen and oxygen atoms in total. The van der Waals surface area contributed by atoms with Gasteiger partial charge in [0, 0.05) is 34.8 Å². The number of aromatic amines is 1. The van der Waals surface area contributed by atoms with Gasteiger partial charge in [0.2, 0.25) is 5.82 Å². The van der Waals surface area contributed by atoms with Crippen molar-refractivity contribution in [3.8, 4) is 28.3 Å². The maximum Gasteiger partial charge on any atom is 0.333 e. The topological polar surface area (TPSA) is 111 Å². The Balaban J connectivity index is 1.55. The molecule has 0 aliphatic heterocycles. The molecule has 1 N–H and O–H groups in total. The van der Waals surface area contributed by atoms with Crippen LogP contribution in [0.4, 0.5) is 0 Å². The van der Waals surface area contributed by atoms with Crippen molar-refractivity contribution in [1.82, 2.24) is 34.7 Å². The fourth-order valence-electron chi connectivity index (χ4n) is 5.04. The van der Waals surface area contributed by atoms with Gasteiger partial charge >= 0.3 is 5.69 Å². The summed E-state index contributed by atoms with van der Waals surface area (Å²) in [7, 11) is 0. The minimum Gasteiger partial charge on any atom is -0.294 e. The summed E-state index contributed by atoms with van der Waals surface area (Å²) in [6.45, 7) is 10.3. The lowest BCUT2D eigenvalue weighted by atomic mass is 9.84. The van der Waals surface area contributed by atoms with Crippen LogP contribution in [-0.4, -0.2) is 40.5 Å². The summed E-state index contributed by atoms with van der Waals surface area (Å²) in [5, 5.41) is 14.4. The second-order valence-electron chi connectivity index (χ2n) is 10.9. The Morgan fingerprint density at radius 1 is 1.00 bits per heavy atom. The summed E-state index contributed by atoms with van der Waals surface area (Å²) in [5.74, 6) is 0.428. The largest absolute Gasteiger partial charge is 0.333 e. The normalized spacial score (nSPS) is 11.6. The first-order chi connectivity index (χ1) is 19.2. The number of Topliss-reactive ketones (excluding diaryl/α,β-unsaturated/α-hetero) is 1. The molecule has 5 aromatic rings. The Kier molecular flexibility index (Phi) is 7.30. The van der Waals surface area contributed by atoms with E-state index in [9.17, 15) is 9.59 Å². The number of para-hydroxylation sites is 1.